The van der Waals surface area contributed by atoms with E-state index in [9.17, 15) is 14.4 Å². The van der Waals surface area contributed by atoms with Gasteiger partial charge in [0.15, 0.2) is 0 Å². The average Bonchev–Trinajstić information content (AvgIpc) is 3.47. The fourth-order valence-electron chi connectivity index (χ4n) is 5.38. The zero-order valence-corrected chi connectivity index (χ0v) is 18.3. The van der Waals surface area contributed by atoms with Crippen LogP contribution in [0.25, 0.3) is 0 Å². The van der Waals surface area contributed by atoms with Crippen molar-refractivity contribution in [3.8, 4) is 5.75 Å². The number of fused-ring (bicyclic) bond motifs is 5. The summed E-state index contributed by atoms with van der Waals surface area (Å²) in [7, 11) is 1.57. The number of nitrogens with one attached hydrogen (secondary N) is 1. The van der Waals surface area contributed by atoms with E-state index in [1.165, 1.54) is 4.90 Å². The van der Waals surface area contributed by atoms with Crippen molar-refractivity contribution in [3.63, 3.8) is 0 Å². The second kappa shape index (κ2) is 8.10. The summed E-state index contributed by atoms with van der Waals surface area (Å²) < 4.78 is 5.15. The monoisotopic (exact) mass is 450 g/mol. The van der Waals surface area contributed by atoms with Crippen LogP contribution in [0.15, 0.2) is 60.7 Å². The lowest BCUT2D eigenvalue weighted by atomic mass is 9.85. The topological polar surface area (TPSA) is 75.7 Å². The molecule has 3 amide bonds. The van der Waals surface area contributed by atoms with Crippen LogP contribution in [0.4, 0.5) is 5.69 Å². The largest absolute Gasteiger partial charge is 0.497 e. The summed E-state index contributed by atoms with van der Waals surface area (Å²) in [5.41, 5.74) is 1.20. The Morgan fingerprint density at radius 3 is 2.28 bits per heavy atom. The van der Waals surface area contributed by atoms with Gasteiger partial charge in [-0.2, -0.15) is 0 Å². The molecule has 6 nitrogen and oxygen atoms in total. The average molecular weight is 451 g/mol. The highest BCUT2D eigenvalue weighted by Crippen LogP contribution is 2.54. The first-order valence-corrected chi connectivity index (χ1v) is 11.1. The number of halogens is 1. The van der Waals surface area contributed by atoms with Crippen molar-refractivity contribution in [3.05, 3.63) is 71.3 Å². The SMILES string of the molecule is COc1ccc(NC(=O)CC(c2ccccc2Cl)N2C(=O)C3C4C=CC(C4)C3C2=O)cc1. The van der Waals surface area contributed by atoms with Gasteiger partial charge in [-0.05, 0) is 54.2 Å². The second-order valence-electron chi connectivity index (χ2n) is 8.56. The van der Waals surface area contributed by atoms with Crippen molar-refractivity contribution in [2.75, 3.05) is 12.4 Å². The predicted octanol–water partition coefficient (Wildman–Crippen LogP) is 4.23. The van der Waals surface area contributed by atoms with Crippen LogP contribution in [-0.4, -0.2) is 29.7 Å². The number of carbonyl (C=O) groups is 3. The molecule has 2 bridgehead atoms. The molecular formula is C25H23ClN2O4. The molecule has 5 rings (SSSR count). The van der Waals surface area contributed by atoms with Gasteiger partial charge in [0.1, 0.15) is 5.75 Å². The number of anilines is 1. The summed E-state index contributed by atoms with van der Waals surface area (Å²) in [6.07, 6.45) is 4.90. The minimum atomic E-state index is -0.757. The summed E-state index contributed by atoms with van der Waals surface area (Å²) in [4.78, 5) is 41.1. The lowest BCUT2D eigenvalue weighted by Crippen LogP contribution is -2.38. The van der Waals surface area contributed by atoms with Gasteiger partial charge in [0, 0.05) is 10.7 Å². The van der Waals surface area contributed by atoms with E-state index in [1.807, 2.05) is 0 Å². The van der Waals surface area contributed by atoms with E-state index >= 15 is 0 Å². The van der Waals surface area contributed by atoms with Crippen LogP contribution in [0.1, 0.15) is 24.4 Å². The number of ether oxygens (including phenoxy) is 1. The van der Waals surface area contributed by atoms with Crippen molar-refractivity contribution >= 4 is 35.0 Å². The first-order chi connectivity index (χ1) is 15.5. The molecule has 0 radical (unpaired) electrons. The molecular weight excluding hydrogens is 428 g/mol. The Labute approximate surface area is 191 Å². The molecule has 1 saturated heterocycles. The van der Waals surface area contributed by atoms with Crippen LogP contribution < -0.4 is 10.1 Å². The van der Waals surface area contributed by atoms with Gasteiger partial charge < -0.3 is 10.1 Å². The summed E-state index contributed by atoms with van der Waals surface area (Å²) >= 11 is 6.45. The summed E-state index contributed by atoms with van der Waals surface area (Å²) in [6.45, 7) is 0. The molecule has 164 valence electrons. The lowest BCUT2D eigenvalue weighted by Gasteiger charge is -2.28. The number of methoxy groups -OCH3 is 1. The van der Waals surface area contributed by atoms with Gasteiger partial charge in [-0.3, -0.25) is 19.3 Å². The van der Waals surface area contributed by atoms with E-state index in [2.05, 4.69) is 17.5 Å². The minimum absolute atomic E-state index is 0.0740. The smallest absolute Gasteiger partial charge is 0.234 e. The molecule has 1 saturated carbocycles. The normalized spacial score (nSPS) is 26.4. The number of rotatable bonds is 6. The van der Waals surface area contributed by atoms with Crippen molar-refractivity contribution in [1.82, 2.24) is 4.90 Å². The highest BCUT2D eigenvalue weighted by molar-refractivity contribution is 6.31. The van der Waals surface area contributed by atoms with Crippen molar-refractivity contribution < 1.29 is 19.1 Å². The molecule has 2 aromatic carbocycles. The van der Waals surface area contributed by atoms with Gasteiger partial charge >= 0.3 is 0 Å². The first kappa shape index (κ1) is 20.8. The fourth-order valence-corrected chi connectivity index (χ4v) is 5.64. The third-order valence-electron chi connectivity index (χ3n) is 6.83. The number of benzene rings is 2. The summed E-state index contributed by atoms with van der Waals surface area (Å²) in [5.74, 6) is -0.464. The lowest BCUT2D eigenvalue weighted by molar-refractivity contribution is -0.144. The third-order valence-corrected chi connectivity index (χ3v) is 7.18. The van der Waals surface area contributed by atoms with E-state index in [4.69, 9.17) is 16.3 Å². The van der Waals surface area contributed by atoms with Gasteiger partial charge in [-0.1, -0.05) is 42.0 Å². The third kappa shape index (κ3) is 3.39. The first-order valence-electron chi connectivity index (χ1n) is 10.7. The van der Waals surface area contributed by atoms with Crippen molar-refractivity contribution in [2.45, 2.75) is 18.9 Å². The predicted molar refractivity (Wildman–Crippen MR) is 120 cm³/mol. The van der Waals surface area contributed by atoms with Crippen LogP contribution in [0.2, 0.25) is 5.02 Å². The number of nitrogens with zero attached hydrogens (tertiary/aromatic N) is 1. The Morgan fingerprint density at radius 1 is 1.06 bits per heavy atom. The highest BCUT2D eigenvalue weighted by atomic mass is 35.5. The highest BCUT2D eigenvalue weighted by Gasteiger charge is 2.60. The number of hydrogen-bond donors (Lipinski definition) is 1. The summed E-state index contributed by atoms with van der Waals surface area (Å²) in [5, 5.41) is 3.27. The van der Waals surface area contributed by atoms with E-state index in [0.717, 1.165) is 6.42 Å². The standard InChI is InChI=1S/C25H23ClN2O4/c1-32-17-10-8-16(9-11-17)27-21(29)13-20(18-4-2-3-5-19(18)26)28-24(30)22-14-6-7-15(12-14)23(22)25(28)31/h2-11,14-15,20,22-23H,12-13H2,1H3,(H,27,29). The molecule has 2 aliphatic carbocycles. The van der Waals surface area contributed by atoms with Gasteiger partial charge in [0.2, 0.25) is 17.7 Å². The molecule has 32 heavy (non-hydrogen) atoms. The Bertz CT molecular complexity index is 1080. The molecule has 1 N–H and O–H groups in total. The number of imide groups is 1. The molecule has 0 aromatic heterocycles. The number of likely N-dealkylation sites (tertiary alicyclic amines) is 1. The van der Waals surface area contributed by atoms with Gasteiger partial charge in [0.05, 0.1) is 31.4 Å². The van der Waals surface area contributed by atoms with E-state index in [-0.39, 0.29) is 47.8 Å². The molecule has 2 aromatic rings. The molecule has 1 heterocycles. The minimum Gasteiger partial charge on any atom is -0.497 e. The van der Waals surface area contributed by atoms with Crippen LogP contribution >= 0.6 is 11.6 Å². The summed E-state index contributed by atoms with van der Waals surface area (Å²) in [6, 6.07) is 13.3. The maximum atomic E-state index is 13.4. The molecule has 0 spiro atoms. The Morgan fingerprint density at radius 2 is 1.69 bits per heavy atom. The van der Waals surface area contributed by atoms with E-state index in [1.54, 1.807) is 55.6 Å². The van der Waals surface area contributed by atoms with E-state index < -0.39 is 6.04 Å². The fraction of sp³-hybridized carbons (Fsp3) is 0.320. The van der Waals surface area contributed by atoms with Crippen LogP contribution in [0.3, 0.4) is 0 Å². The molecule has 2 fully saturated rings. The van der Waals surface area contributed by atoms with E-state index in [0.29, 0.717) is 22.0 Å². The van der Waals surface area contributed by atoms with Crippen molar-refractivity contribution in [1.29, 1.82) is 0 Å². The number of carbonyl (C=O) groups excluding carboxylic acids is 3. The van der Waals surface area contributed by atoms with Gasteiger partial charge in [-0.25, -0.2) is 0 Å². The Kier molecular flexibility index (Phi) is 5.25. The maximum absolute atomic E-state index is 13.4. The molecule has 7 heteroatoms. The quantitative estimate of drug-likeness (QED) is 0.528. The van der Waals surface area contributed by atoms with Gasteiger partial charge in [-0.15, -0.1) is 0 Å². The molecule has 1 aliphatic heterocycles. The van der Waals surface area contributed by atoms with Crippen molar-refractivity contribution in [2.24, 2.45) is 23.7 Å². The number of hydrogen-bond acceptors (Lipinski definition) is 4. The molecule has 5 atom stereocenters. The Hall–Kier alpha value is -3.12. The second-order valence-corrected chi connectivity index (χ2v) is 8.97. The number of amides is 3. The zero-order chi connectivity index (χ0) is 22.4. The maximum Gasteiger partial charge on any atom is 0.234 e. The van der Waals surface area contributed by atoms with Crippen LogP contribution in [0, 0.1) is 23.7 Å². The molecule has 5 unspecified atom stereocenters. The van der Waals surface area contributed by atoms with Crippen LogP contribution in [-0.2, 0) is 14.4 Å². The Balaban J connectivity index is 1.43. The van der Waals surface area contributed by atoms with Gasteiger partial charge in [0.25, 0.3) is 0 Å². The number of allylic oxidation sites excluding steroid dienone is 2. The zero-order valence-electron chi connectivity index (χ0n) is 17.5. The molecule has 3 aliphatic rings. The van der Waals surface area contributed by atoms with Crippen LogP contribution in [0.5, 0.6) is 5.75 Å².